The van der Waals surface area contributed by atoms with Crippen LogP contribution in [0.2, 0.25) is 0 Å². The van der Waals surface area contributed by atoms with E-state index in [1.165, 1.54) is 30.3 Å². The van der Waals surface area contributed by atoms with E-state index in [1.54, 1.807) is 0 Å². The molecule has 0 amide bonds. The molecular weight excluding hydrogens is 462 g/mol. The second kappa shape index (κ2) is 10.3. The zero-order chi connectivity index (χ0) is 25.1. The van der Waals surface area contributed by atoms with Gasteiger partial charge in [0.15, 0.2) is 11.6 Å². The van der Waals surface area contributed by atoms with Crippen LogP contribution in [0, 0.1) is 46.7 Å². The fourth-order valence-corrected chi connectivity index (χ4v) is 3.94. The summed E-state index contributed by atoms with van der Waals surface area (Å²) < 4.78 is 84.7. The van der Waals surface area contributed by atoms with Crippen LogP contribution in [-0.4, -0.2) is 0 Å². The number of hydrogen-bond acceptors (Lipinski definition) is 0. The molecule has 0 bridgehead atoms. The van der Waals surface area contributed by atoms with Crippen LogP contribution in [0.15, 0.2) is 54.6 Å². The van der Waals surface area contributed by atoms with Gasteiger partial charge < -0.3 is 0 Å². The van der Waals surface area contributed by atoms with Gasteiger partial charge in [-0.1, -0.05) is 31.3 Å². The van der Waals surface area contributed by atoms with Crippen LogP contribution in [0.25, 0.3) is 10.8 Å². The maximum atomic E-state index is 14.6. The third-order valence-electron chi connectivity index (χ3n) is 5.72. The van der Waals surface area contributed by atoms with E-state index in [0.717, 1.165) is 30.7 Å². The highest BCUT2D eigenvalue weighted by Gasteiger charge is 2.14. The molecule has 0 saturated heterocycles. The molecule has 0 aliphatic carbocycles. The lowest BCUT2D eigenvalue weighted by Crippen LogP contribution is -2.02. The van der Waals surface area contributed by atoms with Crippen molar-refractivity contribution in [3.8, 4) is 11.8 Å². The number of halogens is 6. The van der Waals surface area contributed by atoms with E-state index in [0.29, 0.717) is 28.3 Å². The first kappa shape index (κ1) is 24.4. The van der Waals surface area contributed by atoms with Gasteiger partial charge in [-0.15, -0.1) is 0 Å². The summed E-state index contributed by atoms with van der Waals surface area (Å²) in [5.74, 6) is -0.0582. The standard InChI is InChI=1S/C29H20F6/c1-2-3-18-11-24(30)23(25(31)12-18)9-6-19-13-26(32)22(27(33)14-19)8-5-17-4-7-20-15-28(34)29(35)16-21(20)10-17/h4,7,10-16H,2-3,6,9H2,1H3. The molecule has 0 unspecified atom stereocenters. The Hall–Kier alpha value is -3.72. The van der Waals surface area contributed by atoms with Gasteiger partial charge in [-0.25, -0.2) is 26.3 Å². The highest BCUT2D eigenvalue weighted by molar-refractivity contribution is 5.84. The molecule has 0 saturated carbocycles. The zero-order valence-corrected chi connectivity index (χ0v) is 18.8. The summed E-state index contributed by atoms with van der Waals surface area (Å²) in [5.41, 5.74) is 0.589. The van der Waals surface area contributed by atoms with Crippen LogP contribution in [0.3, 0.4) is 0 Å². The third-order valence-corrected chi connectivity index (χ3v) is 5.72. The number of hydrogen-bond donors (Lipinski definition) is 0. The largest absolute Gasteiger partial charge is 0.207 e. The maximum absolute atomic E-state index is 14.6. The van der Waals surface area contributed by atoms with E-state index in [1.807, 2.05) is 6.92 Å². The Labute approximate surface area is 199 Å². The molecule has 0 aromatic heterocycles. The summed E-state index contributed by atoms with van der Waals surface area (Å²) in [5, 5.41) is 0.859. The van der Waals surface area contributed by atoms with Crippen molar-refractivity contribution in [3.05, 3.63) is 117 Å². The number of aryl methyl sites for hydroxylation is 2. The van der Waals surface area contributed by atoms with Crippen LogP contribution < -0.4 is 0 Å². The molecule has 0 aliphatic heterocycles. The highest BCUT2D eigenvalue weighted by atomic mass is 19.2. The minimum Gasteiger partial charge on any atom is -0.207 e. The number of fused-ring (bicyclic) bond motifs is 1. The van der Waals surface area contributed by atoms with Gasteiger partial charge in [-0.2, -0.15) is 0 Å². The van der Waals surface area contributed by atoms with Gasteiger partial charge in [0.05, 0.1) is 5.56 Å². The Balaban J connectivity index is 1.54. The monoisotopic (exact) mass is 482 g/mol. The lowest BCUT2D eigenvalue weighted by Gasteiger charge is -2.09. The second-order valence-corrected chi connectivity index (χ2v) is 8.30. The molecular formula is C29H20F6. The number of rotatable bonds is 5. The Kier molecular flexibility index (Phi) is 7.16. The summed E-state index contributed by atoms with van der Waals surface area (Å²) in [7, 11) is 0. The molecule has 0 radical (unpaired) electrons. The van der Waals surface area contributed by atoms with Crippen LogP contribution >= 0.6 is 0 Å². The van der Waals surface area contributed by atoms with Gasteiger partial charge in [-0.3, -0.25) is 0 Å². The molecule has 0 atom stereocenters. The van der Waals surface area contributed by atoms with E-state index in [2.05, 4.69) is 11.8 Å². The lowest BCUT2D eigenvalue weighted by molar-refractivity contribution is 0.511. The minimum absolute atomic E-state index is 0.0370. The molecule has 0 heterocycles. The third kappa shape index (κ3) is 5.51. The van der Waals surface area contributed by atoms with E-state index in [9.17, 15) is 26.3 Å². The molecule has 0 N–H and O–H groups in total. The molecule has 35 heavy (non-hydrogen) atoms. The van der Waals surface area contributed by atoms with Gasteiger partial charge in [0.25, 0.3) is 0 Å². The summed E-state index contributed by atoms with van der Waals surface area (Å²) in [6.07, 6.45) is 1.30. The average molecular weight is 482 g/mol. The Morgan fingerprint density at radius 3 is 1.74 bits per heavy atom. The van der Waals surface area contributed by atoms with Crippen LogP contribution in [0.1, 0.15) is 41.2 Å². The van der Waals surface area contributed by atoms with Crippen molar-refractivity contribution in [2.24, 2.45) is 0 Å². The van der Waals surface area contributed by atoms with E-state index < -0.39 is 40.5 Å². The van der Waals surface area contributed by atoms with Crippen molar-refractivity contribution in [2.45, 2.75) is 32.6 Å². The summed E-state index contributed by atoms with van der Waals surface area (Å²) in [6.45, 7) is 1.91. The molecule has 0 fully saturated rings. The Bertz CT molecular complexity index is 1430. The summed E-state index contributed by atoms with van der Waals surface area (Å²) in [6, 6.07) is 11.4. The first-order chi connectivity index (χ1) is 16.7. The first-order valence-corrected chi connectivity index (χ1v) is 11.1. The van der Waals surface area contributed by atoms with Gasteiger partial charge in [0.2, 0.25) is 0 Å². The topological polar surface area (TPSA) is 0 Å². The molecule has 0 aliphatic rings. The van der Waals surface area contributed by atoms with Crippen molar-refractivity contribution in [1.29, 1.82) is 0 Å². The van der Waals surface area contributed by atoms with Crippen molar-refractivity contribution in [3.63, 3.8) is 0 Å². The van der Waals surface area contributed by atoms with E-state index in [-0.39, 0.29) is 24.0 Å². The van der Waals surface area contributed by atoms with Crippen molar-refractivity contribution in [1.82, 2.24) is 0 Å². The molecule has 4 aromatic rings. The van der Waals surface area contributed by atoms with Crippen LogP contribution in [-0.2, 0) is 19.3 Å². The predicted molar refractivity (Wildman–Crippen MR) is 124 cm³/mol. The predicted octanol–water partition coefficient (Wildman–Crippen LogP) is 7.81. The van der Waals surface area contributed by atoms with Crippen molar-refractivity contribution < 1.29 is 26.3 Å². The highest BCUT2D eigenvalue weighted by Crippen LogP contribution is 2.22. The fourth-order valence-electron chi connectivity index (χ4n) is 3.94. The van der Waals surface area contributed by atoms with E-state index in [4.69, 9.17) is 0 Å². The SMILES string of the molecule is CCCc1cc(F)c(CCc2cc(F)c(C#Cc3ccc4cc(F)c(F)cc4c3)c(F)c2)c(F)c1. The molecule has 4 rings (SSSR count). The summed E-state index contributed by atoms with van der Waals surface area (Å²) in [4.78, 5) is 0. The lowest BCUT2D eigenvalue weighted by atomic mass is 9.99. The van der Waals surface area contributed by atoms with Crippen molar-refractivity contribution >= 4 is 10.8 Å². The van der Waals surface area contributed by atoms with E-state index >= 15 is 0 Å². The molecule has 178 valence electrons. The smallest absolute Gasteiger partial charge is 0.159 e. The quantitative estimate of drug-likeness (QED) is 0.201. The van der Waals surface area contributed by atoms with Crippen molar-refractivity contribution in [2.75, 3.05) is 0 Å². The average Bonchev–Trinajstić information content (AvgIpc) is 2.79. The minimum atomic E-state index is -1.01. The molecule has 4 aromatic carbocycles. The molecule has 0 spiro atoms. The Morgan fingerprint density at radius 2 is 1.11 bits per heavy atom. The molecule has 6 heteroatoms. The van der Waals surface area contributed by atoms with Crippen LogP contribution in [0.5, 0.6) is 0 Å². The Morgan fingerprint density at radius 1 is 0.543 bits per heavy atom. The van der Waals surface area contributed by atoms with Crippen LogP contribution in [0.4, 0.5) is 26.3 Å². The zero-order valence-electron chi connectivity index (χ0n) is 18.8. The van der Waals surface area contributed by atoms with Gasteiger partial charge in [0, 0.05) is 11.1 Å². The fraction of sp³-hybridized carbons (Fsp3) is 0.172. The van der Waals surface area contributed by atoms with Gasteiger partial charge in [-0.05, 0) is 89.7 Å². The van der Waals surface area contributed by atoms with Gasteiger partial charge >= 0.3 is 0 Å². The van der Waals surface area contributed by atoms with Gasteiger partial charge in [0.1, 0.15) is 23.3 Å². The number of benzene rings is 4. The molecule has 0 nitrogen and oxygen atoms in total. The second-order valence-electron chi connectivity index (χ2n) is 8.30. The normalized spacial score (nSPS) is 10.9. The summed E-state index contributed by atoms with van der Waals surface area (Å²) >= 11 is 0. The maximum Gasteiger partial charge on any atom is 0.159 e. The first-order valence-electron chi connectivity index (χ1n) is 11.1.